The first-order chi connectivity index (χ1) is 8.11. The van der Waals surface area contributed by atoms with Gasteiger partial charge in [-0.2, -0.15) is 0 Å². The van der Waals surface area contributed by atoms with Gasteiger partial charge in [0.2, 0.25) is 0 Å². The molecule has 1 aromatic rings. The van der Waals surface area contributed by atoms with Gasteiger partial charge in [0.1, 0.15) is 0 Å². The SMILES string of the molecule is CC(C)CCCCC(N)C(=O)c1ccccc1. The summed E-state index contributed by atoms with van der Waals surface area (Å²) in [7, 11) is 0. The number of carbonyl (C=O) groups excluding carboxylic acids is 1. The number of nitrogens with two attached hydrogens (primary N) is 1. The fourth-order valence-corrected chi connectivity index (χ4v) is 1.86. The van der Waals surface area contributed by atoms with Gasteiger partial charge in [0.15, 0.2) is 5.78 Å². The summed E-state index contributed by atoms with van der Waals surface area (Å²) < 4.78 is 0. The molecule has 0 aliphatic rings. The normalized spacial score (nSPS) is 12.7. The molecule has 2 heteroatoms. The van der Waals surface area contributed by atoms with Gasteiger partial charge in [0, 0.05) is 5.56 Å². The smallest absolute Gasteiger partial charge is 0.179 e. The number of ketones is 1. The minimum absolute atomic E-state index is 0.0650. The molecule has 0 heterocycles. The molecule has 0 saturated heterocycles. The van der Waals surface area contributed by atoms with E-state index >= 15 is 0 Å². The van der Waals surface area contributed by atoms with Crippen LogP contribution in [-0.4, -0.2) is 11.8 Å². The van der Waals surface area contributed by atoms with E-state index in [1.165, 1.54) is 6.42 Å². The molecule has 0 aromatic heterocycles. The summed E-state index contributed by atoms with van der Waals surface area (Å²) in [5, 5.41) is 0. The zero-order valence-corrected chi connectivity index (χ0v) is 10.9. The van der Waals surface area contributed by atoms with Crippen LogP contribution in [0.5, 0.6) is 0 Å². The molecule has 1 atom stereocenters. The van der Waals surface area contributed by atoms with Crippen molar-refractivity contribution in [3.05, 3.63) is 35.9 Å². The van der Waals surface area contributed by atoms with Gasteiger partial charge in [-0.3, -0.25) is 4.79 Å². The molecule has 0 aliphatic carbocycles. The number of carbonyl (C=O) groups is 1. The Morgan fingerprint density at radius 1 is 1.12 bits per heavy atom. The molecule has 94 valence electrons. The van der Waals surface area contributed by atoms with Crippen LogP contribution in [0, 0.1) is 5.92 Å². The van der Waals surface area contributed by atoms with Crippen LogP contribution in [0.25, 0.3) is 0 Å². The fraction of sp³-hybridized carbons (Fsp3) is 0.533. The van der Waals surface area contributed by atoms with E-state index in [9.17, 15) is 4.79 Å². The summed E-state index contributed by atoms with van der Waals surface area (Å²) in [6.07, 6.45) is 4.21. The van der Waals surface area contributed by atoms with Gasteiger partial charge in [-0.05, 0) is 12.3 Å². The van der Waals surface area contributed by atoms with Crippen LogP contribution in [0.1, 0.15) is 49.9 Å². The van der Waals surface area contributed by atoms with Crippen LogP contribution in [0.2, 0.25) is 0 Å². The van der Waals surface area contributed by atoms with Crippen molar-refractivity contribution in [1.29, 1.82) is 0 Å². The maximum Gasteiger partial charge on any atom is 0.179 e. The molecule has 0 radical (unpaired) electrons. The second-order valence-electron chi connectivity index (χ2n) is 5.02. The van der Waals surface area contributed by atoms with Crippen molar-refractivity contribution >= 4 is 5.78 Å². The van der Waals surface area contributed by atoms with Gasteiger partial charge in [-0.15, -0.1) is 0 Å². The molecule has 1 aromatic carbocycles. The monoisotopic (exact) mass is 233 g/mol. The molecule has 0 amide bonds. The third-order valence-electron chi connectivity index (χ3n) is 2.94. The van der Waals surface area contributed by atoms with Crippen molar-refractivity contribution in [2.45, 2.75) is 45.6 Å². The third kappa shape index (κ3) is 5.14. The molecule has 0 bridgehead atoms. The van der Waals surface area contributed by atoms with E-state index < -0.39 is 0 Å². The van der Waals surface area contributed by atoms with E-state index in [1.54, 1.807) is 0 Å². The second-order valence-corrected chi connectivity index (χ2v) is 5.02. The molecule has 1 unspecified atom stereocenters. The average molecular weight is 233 g/mol. The van der Waals surface area contributed by atoms with Crippen molar-refractivity contribution < 1.29 is 4.79 Å². The fourth-order valence-electron chi connectivity index (χ4n) is 1.86. The van der Waals surface area contributed by atoms with Crippen molar-refractivity contribution in [2.24, 2.45) is 11.7 Å². The molecule has 2 N–H and O–H groups in total. The highest BCUT2D eigenvalue weighted by Crippen LogP contribution is 2.11. The number of unbranched alkanes of at least 4 members (excludes halogenated alkanes) is 1. The van der Waals surface area contributed by atoms with Gasteiger partial charge < -0.3 is 5.73 Å². The average Bonchev–Trinajstić information content (AvgIpc) is 2.34. The van der Waals surface area contributed by atoms with Crippen molar-refractivity contribution in [1.82, 2.24) is 0 Å². The van der Waals surface area contributed by atoms with E-state index in [2.05, 4.69) is 13.8 Å². The van der Waals surface area contributed by atoms with E-state index in [0.717, 1.165) is 30.7 Å². The lowest BCUT2D eigenvalue weighted by Gasteiger charge is -2.11. The first kappa shape index (κ1) is 13.9. The molecule has 1 rings (SSSR count). The van der Waals surface area contributed by atoms with Gasteiger partial charge in [-0.25, -0.2) is 0 Å². The Hall–Kier alpha value is -1.15. The molecule has 0 fully saturated rings. The summed E-state index contributed by atoms with van der Waals surface area (Å²) in [6, 6.07) is 8.97. The van der Waals surface area contributed by atoms with Crippen LogP contribution in [0.4, 0.5) is 0 Å². The van der Waals surface area contributed by atoms with Crippen LogP contribution in [0.3, 0.4) is 0 Å². The Kier molecular flexibility index (Phi) is 5.92. The first-order valence-electron chi connectivity index (χ1n) is 6.46. The molecular formula is C15H23NO. The topological polar surface area (TPSA) is 43.1 Å². The van der Waals surface area contributed by atoms with Gasteiger partial charge in [0.05, 0.1) is 6.04 Å². The van der Waals surface area contributed by atoms with E-state index in [1.807, 2.05) is 30.3 Å². The lowest BCUT2D eigenvalue weighted by molar-refractivity contribution is 0.0956. The summed E-state index contributed by atoms with van der Waals surface area (Å²) in [6.45, 7) is 4.43. The Bertz CT molecular complexity index is 332. The Morgan fingerprint density at radius 3 is 2.29 bits per heavy atom. The molecule has 0 saturated carbocycles. The van der Waals surface area contributed by atoms with Crippen LogP contribution >= 0.6 is 0 Å². The summed E-state index contributed by atoms with van der Waals surface area (Å²) in [5.41, 5.74) is 6.64. The second kappa shape index (κ2) is 7.23. The predicted molar refractivity (Wildman–Crippen MR) is 72.1 cm³/mol. The lowest BCUT2D eigenvalue weighted by atomic mass is 9.98. The number of hydrogen-bond donors (Lipinski definition) is 1. The Morgan fingerprint density at radius 2 is 1.71 bits per heavy atom. The van der Waals surface area contributed by atoms with E-state index in [0.29, 0.717) is 0 Å². The Balaban J connectivity index is 2.33. The maximum atomic E-state index is 11.9. The lowest BCUT2D eigenvalue weighted by Crippen LogP contribution is -2.30. The molecule has 0 spiro atoms. The number of rotatable bonds is 7. The van der Waals surface area contributed by atoms with Gasteiger partial charge in [0.25, 0.3) is 0 Å². The number of Topliss-reactive ketones (excluding diaryl/α,β-unsaturated/α-hetero) is 1. The Labute approximate surface area is 104 Å². The van der Waals surface area contributed by atoms with Crippen LogP contribution < -0.4 is 5.73 Å². The minimum Gasteiger partial charge on any atom is -0.321 e. The van der Waals surface area contributed by atoms with E-state index in [-0.39, 0.29) is 11.8 Å². The van der Waals surface area contributed by atoms with Crippen molar-refractivity contribution in [3.63, 3.8) is 0 Å². The number of benzene rings is 1. The molecule has 2 nitrogen and oxygen atoms in total. The standard InChI is InChI=1S/C15H23NO/c1-12(2)8-6-7-11-14(16)15(17)13-9-4-3-5-10-13/h3-5,9-10,12,14H,6-8,11,16H2,1-2H3. The van der Waals surface area contributed by atoms with Gasteiger partial charge in [-0.1, -0.05) is 63.4 Å². The minimum atomic E-state index is -0.343. The van der Waals surface area contributed by atoms with Crippen LogP contribution in [-0.2, 0) is 0 Å². The zero-order chi connectivity index (χ0) is 12.7. The largest absolute Gasteiger partial charge is 0.321 e. The number of hydrogen-bond acceptors (Lipinski definition) is 2. The zero-order valence-electron chi connectivity index (χ0n) is 10.9. The van der Waals surface area contributed by atoms with Crippen molar-refractivity contribution in [2.75, 3.05) is 0 Å². The van der Waals surface area contributed by atoms with Crippen molar-refractivity contribution in [3.8, 4) is 0 Å². The summed E-state index contributed by atoms with van der Waals surface area (Å²) in [5.74, 6) is 0.797. The molecule has 0 aliphatic heterocycles. The maximum absolute atomic E-state index is 11.9. The molecule has 17 heavy (non-hydrogen) atoms. The first-order valence-corrected chi connectivity index (χ1v) is 6.46. The highest BCUT2D eigenvalue weighted by Gasteiger charge is 2.14. The van der Waals surface area contributed by atoms with Crippen LogP contribution in [0.15, 0.2) is 30.3 Å². The highest BCUT2D eigenvalue weighted by atomic mass is 16.1. The highest BCUT2D eigenvalue weighted by molar-refractivity contribution is 5.99. The quantitative estimate of drug-likeness (QED) is 0.579. The third-order valence-corrected chi connectivity index (χ3v) is 2.94. The van der Waals surface area contributed by atoms with E-state index in [4.69, 9.17) is 5.73 Å². The predicted octanol–water partition coefficient (Wildman–Crippen LogP) is 3.41. The molecular weight excluding hydrogens is 210 g/mol. The van der Waals surface area contributed by atoms with Gasteiger partial charge >= 0.3 is 0 Å². The summed E-state index contributed by atoms with van der Waals surface area (Å²) in [4.78, 5) is 11.9. The summed E-state index contributed by atoms with van der Waals surface area (Å²) >= 11 is 0.